The zero-order valence-corrected chi connectivity index (χ0v) is 72.6. The summed E-state index contributed by atoms with van der Waals surface area (Å²) in [5.41, 5.74) is 12.4. The normalized spacial score (nSPS) is 45.4. The number of carbonyl (C=O) groups is 3. The lowest BCUT2D eigenvalue weighted by molar-refractivity contribution is -0.406. The number of aliphatic hydroxyl groups is 25. The highest BCUT2D eigenvalue weighted by molar-refractivity contribution is 7.61. The molecule has 65 nitrogen and oxygen atoms in total. The van der Waals surface area contributed by atoms with Crippen LogP contribution in [0.5, 0.6) is 0 Å². The Balaban J connectivity index is 1.21. The Labute approximate surface area is 746 Å². The standard InChI is InChI=1S/C64H113N3O62P4/c1-15-29(80)35(86)38(89)56(110-15)108-14-26-33(84)36(87)39(90)57(114-26)117-47-24(12-73)113-54(27(66)48(47)119-59-50(37(88)32(83)23(11-72)112-59)121-55-28(67-16(2)75)34(85)31(82)22(10-71)111-55)120-49-40(91)45(25(13-74)126-130(98,99)100)116-58(41(49)92)122-51-52(127-131(101,102)103)43(19(78)8-69)115-60(53(51)128-133(106,107)129-132(104,105)109-4-3-65)118-46-21(6-63(97,61(93)94)124-44(46)20(79)9-70)123-64(62(95)96)5-17(76)30(81)42(125-64)18(77)7-68/h15,17-60,68-74,76-92,97H,3-14,65-66H2,1-2H3,(H,67,75)(H,93,94)(H,95,96)(H,104,105)(H,106,107)(H2,98,99,100)(H2,101,102,103)/t15-,17+,18+,19-,20+,21+,22+,23+,24+,25-,26+,27+,28+,29-,30+,31+,32+,33+,34+,35+,36-,37-,38+,39+,40+,41-,42+,43+,44+,45+,46+,47-,48+,49-,50+,51-,52+,53-,54+,55-,56+,57-,58+,59+,60+,63?,64+/m0/s1. The van der Waals surface area contributed by atoms with Gasteiger partial charge < -0.3 is 265 Å². The van der Waals surface area contributed by atoms with Gasteiger partial charge in [0.25, 0.3) is 11.6 Å². The number of phosphoric acid groups is 4. The van der Waals surface area contributed by atoms with E-state index in [1.807, 2.05) is 0 Å². The molecule has 9 fully saturated rings. The molecule has 0 aromatic carbocycles. The van der Waals surface area contributed by atoms with Gasteiger partial charge in [0, 0.05) is 26.3 Å². The van der Waals surface area contributed by atoms with Crippen LogP contribution in [0.3, 0.4) is 0 Å². The van der Waals surface area contributed by atoms with Crippen LogP contribution in [0.15, 0.2) is 0 Å². The molecule has 69 heteroatoms. The first-order valence-corrected chi connectivity index (χ1v) is 46.1. The van der Waals surface area contributed by atoms with Gasteiger partial charge in [-0.05, 0) is 6.92 Å². The number of hydrogen-bond acceptors (Lipinski definition) is 56. The van der Waals surface area contributed by atoms with Crippen molar-refractivity contribution in [1.29, 1.82) is 0 Å². The second-order valence-electron chi connectivity index (χ2n) is 31.8. The minimum atomic E-state index is -6.96. The van der Waals surface area contributed by atoms with E-state index in [9.17, 15) is 200 Å². The molecule has 3 unspecified atom stereocenters. The summed E-state index contributed by atoms with van der Waals surface area (Å²) in [6.45, 7) is -11.5. The van der Waals surface area contributed by atoms with Crippen LogP contribution in [0.25, 0.3) is 0 Å². The van der Waals surface area contributed by atoms with E-state index in [1.165, 1.54) is 6.92 Å². The molecule has 0 aliphatic carbocycles. The lowest BCUT2D eigenvalue weighted by atomic mass is 9.89. The second-order valence-corrected chi connectivity index (χ2v) is 37.1. The summed E-state index contributed by atoms with van der Waals surface area (Å²) in [5, 5.41) is 303. The van der Waals surface area contributed by atoms with Crippen molar-refractivity contribution in [3.63, 3.8) is 0 Å². The van der Waals surface area contributed by atoms with Gasteiger partial charge >= 0.3 is 43.2 Å². The Kier molecular flexibility index (Phi) is 40.3. The Hall–Kier alpha value is -2.87. The first-order chi connectivity index (χ1) is 61.9. The molecule has 0 radical (unpaired) electrons. The summed E-state index contributed by atoms with van der Waals surface area (Å²) in [4.78, 5) is 104. The molecule has 9 heterocycles. The topological polar surface area (TPSA) is 1050 Å². The fourth-order valence-electron chi connectivity index (χ4n) is 15.7. The monoisotopic (exact) mass is 2040 g/mol. The fourth-order valence-corrected chi connectivity index (χ4v) is 19.0. The van der Waals surface area contributed by atoms with Crippen LogP contribution >= 0.6 is 31.3 Å². The maximum atomic E-state index is 14.6. The summed E-state index contributed by atoms with van der Waals surface area (Å²) in [5.74, 6) is -13.6. The molecule has 9 rings (SSSR count). The highest BCUT2D eigenvalue weighted by Gasteiger charge is 2.67. The summed E-state index contributed by atoms with van der Waals surface area (Å²) in [6, 6.07) is -4.52. The fraction of sp³-hybridized carbons (Fsp3) is 0.953. The van der Waals surface area contributed by atoms with Gasteiger partial charge in [0.2, 0.25) is 5.91 Å². The quantitative estimate of drug-likeness (QED) is 0.0252. The minimum Gasteiger partial charge on any atom is -0.477 e. The van der Waals surface area contributed by atoms with Crippen molar-refractivity contribution < 1.29 is 303 Å². The van der Waals surface area contributed by atoms with Gasteiger partial charge in [-0.25, -0.2) is 27.8 Å². The number of amides is 1. The minimum absolute atomic E-state index is 0.722. The Morgan fingerprint density at radius 2 is 0.955 bits per heavy atom. The number of aliphatic carboxylic acids is 2. The third-order valence-electron chi connectivity index (χ3n) is 22.4. The molecule has 9 aliphatic rings. The number of carbonyl (C=O) groups excluding carboxylic acids is 1. The zero-order chi connectivity index (χ0) is 99.5. The molecule has 0 saturated carbocycles. The van der Waals surface area contributed by atoms with Crippen molar-refractivity contribution in [3.05, 3.63) is 0 Å². The SMILES string of the molecule is CC(=O)N[C@H]1[C@H](O[C@H]2[C@@H](O[C@@H]3[C@@H](N)[C@@H](O[C@@H]4[C@H](O)[C@@H](O[C@H]5[C@H](OP(=O)(O)O)[C@@H]([C@@H](O)CO)O[C@H](O[C@H]6[C@@H]([C@H](O)CO)OC(O)(C(=O)O)C[C@H]6O[C@]6(C(=O)O)C[C@@H](O)[C@@H](O)[C@@H]([C@H](O)CO)O6)[C@H]5OP(=O)(O)OP(=O)(O)OCCN)O[C@H]([C@H](CO)OP(=O)(O)O)[C@H]4O)O[C@H](CO)[C@@H]3O[C@@H]3O[C@H](CO[C@@H]4O[C@@H](C)[C@H](O)[C@@H](O)[C@H]4O)[C@@H](O)[C@H](O)[C@H]3O)O[C@H](CO)[C@@H](O)[C@@H]2O)O[C@H](CO)[C@@H](O)[C@@H]1O. The van der Waals surface area contributed by atoms with Crippen LogP contribution in [-0.4, -0.2) is 539 Å². The van der Waals surface area contributed by atoms with Gasteiger partial charge in [0.05, 0.1) is 83.8 Å². The number of ether oxygens (including phenoxy) is 17. The Morgan fingerprint density at radius 3 is 1.52 bits per heavy atom. The highest BCUT2D eigenvalue weighted by Crippen LogP contribution is 2.62. The third kappa shape index (κ3) is 26.8. The van der Waals surface area contributed by atoms with E-state index in [0.29, 0.717) is 0 Å². The van der Waals surface area contributed by atoms with Crippen LogP contribution in [0.4, 0.5) is 0 Å². The maximum Gasteiger partial charge on any atom is 0.481 e. The van der Waals surface area contributed by atoms with E-state index < -0.39 is 415 Å². The molecule has 0 bridgehead atoms. The van der Waals surface area contributed by atoms with Gasteiger partial charge in [-0.1, -0.05) is 0 Å². The summed E-state index contributed by atoms with van der Waals surface area (Å²) in [7, 11) is -25.9. The van der Waals surface area contributed by atoms with Gasteiger partial charge in [-0.15, -0.1) is 0 Å². The van der Waals surface area contributed by atoms with Crippen molar-refractivity contribution in [2.24, 2.45) is 11.5 Å². The highest BCUT2D eigenvalue weighted by atomic mass is 31.3. The lowest BCUT2D eigenvalue weighted by Gasteiger charge is -2.53. The van der Waals surface area contributed by atoms with E-state index >= 15 is 0 Å². The molecule has 9 aliphatic heterocycles. The molecule has 9 saturated heterocycles. The van der Waals surface area contributed by atoms with Gasteiger partial charge in [0.1, 0.15) is 207 Å². The predicted octanol–water partition coefficient (Wildman–Crippen LogP) is -20.6. The molecule has 0 aromatic rings. The average molecular weight is 2040 g/mol. The number of aliphatic hydroxyl groups excluding tert-OH is 24. The number of rotatable bonds is 42. The van der Waals surface area contributed by atoms with Crippen molar-refractivity contribution >= 4 is 49.1 Å². The van der Waals surface area contributed by atoms with Crippen LogP contribution in [0.2, 0.25) is 0 Å². The van der Waals surface area contributed by atoms with E-state index in [1.54, 1.807) is 0 Å². The van der Waals surface area contributed by atoms with Crippen molar-refractivity contribution in [2.45, 2.75) is 314 Å². The third-order valence-corrected chi connectivity index (χ3v) is 26.1. The second kappa shape index (κ2) is 47.1. The van der Waals surface area contributed by atoms with E-state index in [2.05, 4.69) is 14.2 Å². The smallest absolute Gasteiger partial charge is 0.477 e. The number of carboxylic acids is 2. The van der Waals surface area contributed by atoms with Crippen molar-refractivity contribution in [2.75, 3.05) is 66.0 Å². The van der Waals surface area contributed by atoms with Crippen LogP contribution in [0.1, 0.15) is 26.7 Å². The number of phosphoric ester groups is 4. The van der Waals surface area contributed by atoms with E-state index in [0.717, 1.165) is 6.92 Å². The van der Waals surface area contributed by atoms with Gasteiger partial charge in [0.15, 0.2) is 44.0 Å². The molecule has 49 atom stereocenters. The molecule has 1 amide bonds. The van der Waals surface area contributed by atoms with E-state index in [4.69, 9.17) is 106 Å². The van der Waals surface area contributed by atoms with E-state index in [-0.39, 0.29) is 0 Å². The summed E-state index contributed by atoms with van der Waals surface area (Å²) >= 11 is 0. The number of hydrogen-bond donors (Lipinski definition) is 36. The van der Waals surface area contributed by atoms with Crippen LogP contribution in [-0.2, 0) is 136 Å². The Bertz CT molecular complexity index is 3920. The predicted molar refractivity (Wildman–Crippen MR) is 400 cm³/mol. The molecular weight excluding hydrogens is 1930 g/mol. The van der Waals surface area contributed by atoms with Crippen molar-refractivity contribution in [1.82, 2.24) is 5.32 Å². The Morgan fingerprint density at radius 1 is 0.451 bits per heavy atom. The molecular formula is C64H113N3O62P4. The van der Waals surface area contributed by atoms with Crippen LogP contribution < -0.4 is 16.8 Å². The lowest BCUT2D eigenvalue weighted by Crippen LogP contribution is -2.72. The van der Waals surface area contributed by atoms with Crippen LogP contribution in [0, 0.1) is 0 Å². The van der Waals surface area contributed by atoms with Gasteiger partial charge in [-0.3, -0.25) is 22.9 Å². The summed E-state index contributed by atoms with van der Waals surface area (Å²) in [6.07, 6.45) is -114. The van der Waals surface area contributed by atoms with Crippen molar-refractivity contribution in [3.8, 4) is 0 Å². The average Bonchev–Trinajstić information content (AvgIpc) is 0.748. The molecule has 0 aromatic heterocycles. The number of carboxylic acid groups (broad SMARTS) is 2. The van der Waals surface area contributed by atoms with Gasteiger partial charge in [-0.2, -0.15) is 4.31 Å². The molecule has 133 heavy (non-hydrogen) atoms. The summed E-state index contributed by atoms with van der Waals surface area (Å²) < 4.78 is 178. The molecule has 776 valence electrons. The zero-order valence-electron chi connectivity index (χ0n) is 69.0. The number of nitrogens with one attached hydrogen (secondary N) is 1. The molecule has 0 spiro atoms. The first-order valence-electron chi connectivity index (χ1n) is 40.0. The maximum absolute atomic E-state index is 14.6. The first kappa shape index (κ1) is 114. The molecule has 38 N–H and O–H groups in total. The number of nitrogens with two attached hydrogens (primary N) is 2. The largest absolute Gasteiger partial charge is 0.481 e.